The van der Waals surface area contributed by atoms with Crippen LogP contribution in [0.5, 0.6) is 0 Å². The molecular weight excluding hydrogens is 667 g/mol. The number of nitrogens with zero attached hydrogens (tertiary/aromatic N) is 3. The van der Waals surface area contributed by atoms with Crippen molar-refractivity contribution in [2.24, 2.45) is 0 Å². The predicted molar refractivity (Wildman–Crippen MR) is 153 cm³/mol. The minimum Gasteiger partial charge on any atom is -0.588 e. The molecule has 0 bridgehead atoms. The van der Waals surface area contributed by atoms with E-state index in [0.717, 1.165) is 39.9 Å². The van der Waals surface area contributed by atoms with Crippen molar-refractivity contribution in [1.82, 2.24) is 14.2 Å². The number of furan rings is 1. The van der Waals surface area contributed by atoms with E-state index in [1.165, 1.54) is 42.3 Å². The molecule has 0 amide bonds. The third-order valence-electron chi connectivity index (χ3n) is 7.47. The van der Waals surface area contributed by atoms with E-state index in [1.807, 2.05) is 10.7 Å². The first-order valence-electron chi connectivity index (χ1n) is 12.5. The van der Waals surface area contributed by atoms with E-state index in [4.69, 9.17) is 4.42 Å². The van der Waals surface area contributed by atoms with Crippen LogP contribution in [0, 0.1) is 13.2 Å². The number of aryl methyl sites for hydroxylation is 2. The molecule has 8 aromatic rings. The van der Waals surface area contributed by atoms with Gasteiger partial charge in [0.15, 0.2) is 0 Å². The van der Waals surface area contributed by atoms with E-state index in [0.29, 0.717) is 0 Å². The van der Waals surface area contributed by atoms with E-state index in [1.54, 1.807) is 11.3 Å². The van der Waals surface area contributed by atoms with Gasteiger partial charge in [-0.15, -0.1) is 16.7 Å². The van der Waals surface area contributed by atoms with Crippen LogP contribution in [0.2, 0.25) is 0 Å². The minimum absolute atomic E-state index is 0. The predicted octanol–water partition coefficient (Wildman–Crippen LogP) is 8.86. The third kappa shape index (κ3) is 3.21. The molecule has 0 aliphatic carbocycles. The second-order valence-electron chi connectivity index (χ2n) is 9.56. The normalized spacial score (nSPS) is 11.8. The maximum Gasteiger partial charge on any atom is 0.0811 e. The van der Waals surface area contributed by atoms with Gasteiger partial charge in [0.1, 0.15) is 0 Å². The average Bonchev–Trinajstić information content (AvgIpc) is 3.71. The van der Waals surface area contributed by atoms with Crippen molar-refractivity contribution >= 4 is 59.6 Å². The van der Waals surface area contributed by atoms with Crippen LogP contribution in [-0.4, -0.2) is 14.2 Å². The second-order valence-corrected chi connectivity index (χ2v) is 10.8. The number of hydrogen-bond acceptors (Lipinski definition) is 3. The molecule has 0 unspecified atom stereocenters. The standard InChI is InChI=1S/C32H22N3OS.Ir/c1-3-34-26-10-5-4-9-23(26)24-17-21(11-12-27(24)34)20-7-6-8-22(16-20)31-30-25-15-19(2)37-32(25)28-13-14-33-35(28)29(30)18-36-31;/h4-17H,3H2,1-2H3;/q-1;. The summed E-state index contributed by atoms with van der Waals surface area (Å²) in [7, 11) is 0. The van der Waals surface area contributed by atoms with Crippen molar-refractivity contribution in [3.63, 3.8) is 0 Å². The Morgan fingerprint density at radius 2 is 1.63 bits per heavy atom. The zero-order valence-corrected chi connectivity index (χ0v) is 24.0. The molecule has 8 rings (SSSR count). The molecule has 0 spiro atoms. The molecular formula is C32H22IrN3OS-. The molecule has 0 aliphatic rings. The van der Waals surface area contributed by atoms with Crippen LogP contribution in [0.1, 0.15) is 11.8 Å². The quantitative estimate of drug-likeness (QED) is 0.174. The number of aromatic nitrogens is 3. The maximum atomic E-state index is 6.15. The summed E-state index contributed by atoms with van der Waals surface area (Å²) < 4.78 is 11.7. The number of pyridine rings is 1. The molecule has 4 nitrogen and oxygen atoms in total. The van der Waals surface area contributed by atoms with Gasteiger partial charge in [-0.3, -0.25) is 4.52 Å². The van der Waals surface area contributed by atoms with Crippen molar-refractivity contribution in [1.29, 1.82) is 0 Å². The molecule has 6 heteroatoms. The molecule has 3 aromatic carbocycles. The first-order chi connectivity index (χ1) is 18.2. The molecule has 0 saturated carbocycles. The van der Waals surface area contributed by atoms with Gasteiger partial charge in [0.05, 0.1) is 5.52 Å². The van der Waals surface area contributed by atoms with Crippen molar-refractivity contribution in [3.8, 4) is 22.5 Å². The van der Waals surface area contributed by atoms with Gasteiger partial charge in [-0.25, -0.2) is 0 Å². The van der Waals surface area contributed by atoms with Crippen molar-refractivity contribution in [3.05, 3.63) is 96.2 Å². The van der Waals surface area contributed by atoms with Gasteiger partial charge in [0.2, 0.25) is 0 Å². The number of hydrogen-bond donors (Lipinski definition) is 0. The van der Waals surface area contributed by atoms with E-state index < -0.39 is 0 Å². The van der Waals surface area contributed by atoms with Crippen LogP contribution in [0.3, 0.4) is 0 Å². The van der Waals surface area contributed by atoms with E-state index in [-0.39, 0.29) is 20.1 Å². The Bertz CT molecular complexity index is 2160. The van der Waals surface area contributed by atoms with Crippen LogP contribution in [0.25, 0.3) is 70.8 Å². The average molecular weight is 689 g/mol. The van der Waals surface area contributed by atoms with E-state index in [2.05, 4.69) is 109 Å². The van der Waals surface area contributed by atoms with E-state index in [9.17, 15) is 0 Å². The van der Waals surface area contributed by atoms with Gasteiger partial charge >= 0.3 is 0 Å². The summed E-state index contributed by atoms with van der Waals surface area (Å²) in [5.41, 5.74) is 7.92. The zero-order chi connectivity index (χ0) is 24.7. The molecule has 0 fully saturated rings. The summed E-state index contributed by atoms with van der Waals surface area (Å²) in [6.45, 7) is 5.30. The molecule has 0 saturated heterocycles. The van der Waals surface area contributed by atoms with Crippen LogP contribution in [0.4, 0.5) is 0 Å². The van der Waals surface area contributed by atoms with Gasteiger partial charge in [0, 0.05) is 70.5 Å². The number of benzene rings is 3. The molecule has 0 atom stereocenters. The van der Waals surface area contributed by atoms with Crippen LogP contribution >= 0.6 is 11.3 Å². The number of rotatable bonds is 3. The fourth-order valence-corrected chi connectivity index (χ4v) is 6.90. The summed E-state index contributed by atoms with van der Waals surface area (Å²) in [5, 5.41) is 9.41. The molecule has 0 N–H and O–H groups in total. The zero-order valence-electron chi connectivity index (χ0n) is 20.8. The van der Waals surface area contributed by atoms with Crippen molar-refractivity contribution in [2.75, 3.05) is 0 Å². The fourth-order valence-electron chi connectivity index (χ4n) is 5.87. The molecule has 5 aromatic heterocycles. The summed E-state index contributed by atoms with van der Waals surface area (Å²) >= 11 is 1.80. The topological polar surface area (TPSA) is 35.4 Å². The Hall–Kier alpha value is -3.70. The van der Waals surface area contributed by atoms with Gasteiger partial charge in [-0.1, -0.05) is 65.5 Å². The first-order valence-corrected chi connectivity index (χ1v) is 13.3. The third-order valence-corrected chi connectivity index (χ3v) is 8.55. The summed E-state index contributed by atoms with van der Waals surface area (Å²) in [4.78, 5) is 1.27. The Balaban J connectivity index is 0.00000242. The smallest absolute Gasteiger partial charge is 0.0811 e. The van der Waals surface area contributed by atoms with Gasteiger partial charge < -0.3 is 8.98 Å². The second kappa shape index (κ2) is 8.67. The van der Waals surface area contributed by atoms with Crippen LogP contribution < -0.4 is 0 Å². The summed E-state index contributed by atoms with van der Waals surface area (Å²) in [6.07, 6.45) is 5.00. The van der Waals surface area contributed by atoms with E-state index >= 15 is 0 Å². The van der Waals surface area contributed by atoms with Crippen LogP contribution in [0.15, 0.2) is 89.5 Å². The van der Waals surface area contributed by atoms with Gasteiger partial charge in [-0.05, 0) is 60.5 Å². The van der Waals surface area contributed by atoms with Crippen LogP contribution in [-0.2, 0) is 26.7 Å². The number of para-hydroxylation sites is 1. The Morgan fingerprint density at radius 1 is 0.816 bits per heavy atom. The SMILES string of the molecule is CCn1c2ccccc2c2cc(-c3cccc(-c4o[c-]c5c4c4cc(C)sc4c4ccnn54)c3)ccc21.[Ir]. The molecule has 5 heterocycles. The maximum absolute atomic E-state index is 6.15. The first kappa shape index (κ1) is 23.4. The van der Waals surface area contributed by atoms with Gasteiger partial charge in [0.25, 0.3) is 0 Å². The minimum atomic E-state index is 0. The largest absolute Gasteiger partial charge is 0.588 e. The monoisotopic (exact) mass is 689 g/mol. The summed E-state index contributed by atoms with van der Waals surface area (Å²) in [6, 6.07) is 28.4. The molecule has 0 aliphatic heterocycles. The number of thiophene rings is 1. The van der Waals surface area contributed by atoms with Crippen molar-refractivity contribution < 1.29 is 24.5 Å². The Morgan fingerprint density at radius 3 is 2.53 bits per heavy atom. The fraction of sp³-hybridized carbons (Fsp3) is 0.0938. The Kier molecular flexibility index (Phi) is 5.34. The molecule has 187 valence electrons. The number of fused-ring (bicyclic) bond motifs is 9. The summed E-state index contributed by atoms with van der Waals surface area (Å²) in [5.74, 6) is 0.834. The van der Waals surface area contributed by atoms with Crippen molar-refractivity contribution in [2.45, 2.75) is 20.4 Å². The Labute approximate surface area is 236 Å². The molecule has 1 radical (unpaired) electrons. The molecule has 38 heavy (non-hydrogen) atoms. The van der Waals surface area contributed by atoms with Gasteiger partial charge in [-0.2, -0.15) is 5.10 Å².